The molecule has 1 aliphatic rings. The molecule has 138 valence electrons. The topological polar surface area (TPSA) is 88.3 Å². The van der Waals surface area contributed by atoms with Crippen LogP contribution in [0.1, 0.15) is 22.2 Å². The van der Waals surface area contributed by atoms with Crippen LogP contribution in [0.3, 0.4) is 0 Å². The second-order valence-corrected chi connectivity index (χ2v) is 8.14. The molecule has 1 aliphatic heterocycles. The summed E-state index contributed by atoms with van der Waals surface area (Å²) in [5.41, 5.74) is 8.16. The van der Waals surface area contributed by atoms with Gasteiger partial charge in [0.25, 0.3) is 0 Å². The molecule has 3 N–H and O–H groups in total. The molecule has 1 aromatic heterocycles. The third kappa shape index (κ3) is 3.36. The smallest absolute Gasteiger partial charge is 0.318 e. The maximum Gasteiger partial charge on any atom is 0.318 e. The Balaban J connectivity index is 1.81. The number of hydrogen-bond donors (Lipinski definition) is 2. The van der Waals surface area contributed by atoms with Crippen molar-refractivity contribution in [3.8, 4) is 0 Å². The van der Waals surface area contributed by atoms with Crippen LogP contribution in [0.4, 0.5) is 4.79 Å². The van der Waals surface area contributed by atoms with Gasteiger partial charge in [-0.15, -0.1) is 11.3 Å². The number of benzene rings is 2. The summed E-state index contributed by atoms with van der Waals surface area (Å²) >= 11 is 7.64. The number of aromatic nitrogens is 1. The van der Waals surface area contributed by atoms with Gasteiger partial charge in [-0.2, -0.15) is 0 Å². The fourth-order valence-electron chi connectivity index (χ4n) is 3.36. The number of fused-ring (bicyclic) bond motifs is 1. The summed E-state index contributed by atoms with van der Waals surface area (Å²) in [6, 6.07) is 11.9. The van der Waals surface area contributed by atoms with Crippen molar-refractivity contribution in [2.45, 2.75) is 19.0 Å². The Morgan fingerprint density at radius 1 is 1.30 bits per heavy atom. The van der Waals surface area contributed by atoms with E-state index in [9.17, 15) is 9.59 Å². The lowest BCUT2D eigenvalue weighted by molar-refractivity contribution is -0.119. The van der Waals surface area contributed by atoms with Crippen molar-refractivity contribution in [3.05, 3.63) is 63.6 Å². The van der Waals surface area contributed by atoms with Crippen LogP contribution in [0.5, 0.6) is 0 Å². The lowest BCUT2D eigenvalue weighted by Crippen LogP contribution is -2.39. The summed E-state index contributed by atoms with van der Waals surface area (Å²) in [4.78, 5) is 30.3. The van der Waals surface area contributed by atoms with Crippen molar-refractivity contribution in [3.63, 3.8) is 0 Å². The number of thiazole rings is 1. The standard InChI is InChI=1S/C19H17ClN4O2S/c1-10-22-14-7-4-12(8-16(14)27-10)17(11-2-5-13(20)6-3-11)24-9-15(18(21)25)23-19(24)26/h2-8,15,17H,9H2,1H3,(H2,21,25)(H,23,26)/t15?,17-/m1/s1. The third-order valence-electron chi connectivity index (χ3n) is 4.61. The Morgan fingerprint density at radius 2 is 2.00 bits per heavy atom. The maximum atomic E-state index is 12.6. The first-order chi connectivity index (χ1) is 12.9. The molecule has 1 saturated heterocycles. The second kappa shape index (κ2) is 6.83. The molecule has 3 aromatic rings. The zero-order valence-electron chi connectivity index (χ0n) is 14.5. The number of nitrogens with two attached hydrogens (primary N) is 1. The summed E-state index contributed by atoms with van der Waals surface area (Å²) in [5.74, 6) is -0.547. The van der Waals surface area contributed by atoms with Crippen LogP contribution in [-0.4, -0.2) is 34.4 Å². The van der Waals surface area contributed by atoms with E-state index in [0.29, 0.717) is 5.02 Å². The van der Waals surface area contributed by atoms with E-state index < -0.39 is 11.9 Å². The van der Waals surface area contributed by atoms with E-state index in [1.54, 1.807) is 28.4 Å². The van der Waals surface area contributed by atoms with Crippen molar-refractivity contribution in [2.75, 3.05) is 6.54 Å². The number of aryl methyl sites for hydroxylation is 1. The minimum Gasteiger partial charge on any atom is -0.368 e. The predicted octanol–water partition coefficient (Wildman–Crippen LogP) is 3.23. The molecule has 0 saturated carbocycles. The fraction of sp³-hybridized carbons (Fsp3) is 0.211. The molecule has 2 heterocycles. The number of carbonyl (C=O) groups excluding carboxylic acids is 2. The van der Waals surface area contributed by atoms with Gasteiger partial charge in [0, 0.05) is 5.02 Å². The average Bonchev–Trinajstić information content (AvgIpc) is 3.19. The van der Waals surface area contributed by atoms with Gasteiger partial charge in [0.05, 0.1) is 27.8 Å². The summed E-state index contributed by atoms with van der Waals surface area (Å²) in [6.45, 7) is 2.17. The first-order valence-corrected chi connectivity index (χ1v) is 9.61. The highest BCUT2D eigenvalue weighted by atomic mass is 35.5. The number of urea groups is 1. The van der Waals surface area contributed by atoms with Crippen LogP contribution >= 0.6 is 22.9 Å². The van der Waals surface area contributed by atoms with Gasteiger partial charge in [-0.1, -0.05) is 29.8 Å². The number of primary amides is 1. The molecular formula is C19H17ClN4O2S. The highest BCUT2D eigenvalue weighted by molar-refractivity contribution is 7.18. The Bertz CT molecular complexity index is 1030. The van der Waals surface area contributed by atoms with Gasteiger partial charge in [-0.25, -0.2) is 9.78 Å². The third-order valence-corrected chi connectivity index (χ3v) is 5.80. The van der Waals surface area contributed by atoms with Gasteiger partial charge in [0.2, 0.25) is 5.91 Å². The molecule has 2 aromatic carbocycles. The molecule has 27 heavy (non-hydrogen) atoms. The molecule has 4 rings (SSSR count). The maximum absolute atomic E-state index is 12.6. The SMILES string of the molecule is Cc1nc2ccc([C@@H](c3ccc(Cl)cc3)N3CC(C(N)=O)NC3=O)cc2s1. The van der Waals surface area contributed by atoms with E-state index >= 15 is 0 Å². The minimum absolute atomic E-state index is 0.210. The van der Waals surface area contributed by atoms with E-state index in [0.717, 1.165) is 26.4 Å². The molecule has 0 spiro atoms. The molecule has 6 nitrogen and oxygen atoms in total. The molecule has 3 amide bonds. The highest BCUT2D eigenvalue weighted by Crippen LogP contribution is 2.34. The van der Waals surface area contributed by atoms with E-state index in [-0.39, 0.29) is 18.6 Å². The van der Waals surface area contributed by atoms with Gasteiger partial charge in [-0.05, 0) is 42.3 Å². The van der Waals surface area contributed by atoms with Crippen LogP contribution in [-0.2, 0) is 4.79 Å². The van der Waals surface area contributed by atoms with Crippen molar-refractivity contribution >= 4 is 45.1 Å². The Kier molecular flexibility index (Phi) is 4.49. The number of nitrogens with one attached hydrogen (secondary N) is 1. The molecule has 0 bridgehead atoms. The van der Waals surface area contributed by atoms with Crippen LogP contribution in [0.25, 0.3) is 10.2 Å². The number of carbonyl (C=O) groups is 2. The van der Waals surface area contributed by atoms with Crippen LogP contribution < -0.4 is 11.1 Å². The zero-order valence-corrected chi connectivity index (χ0v) is 16.1. The summed E-state index contributed by atoms with van der Waals surface area (Å²) in [7, 11) is 0. The second-order valence-electron chi connectivity index (χ2n) is 6.47. The van der Waals surface area contributed by atoms with Crippen molar-refractivity contribution < 1.29 is 9.59 Å². The summed E-state index contributed by atoms with van der Waals surface area (Å²) < 4.78 is 1.05. The summed E-state index contributed by atoms with van der Waals surface area (Å²) in [6.07, 6.45) is 0. The molecule has 1 fully saturated rings. The normalized spacial score (nSPS) is 17.9. The van der Waals surface area contributed by atoms with Gasteiger partial charge >= 0.3 is 6.03 Å². The summed E-state index contributed by atoms with van der Waals surface area (Å²) in [5, 5.41) is 4.25. The van der Waals surface area contributed by atoms with Crippen LogP contribution in [0.15, 0.2) is 42.5 Å². The largest absolute Gasteiger partial charge is 0.368 e. The van der Waals surface area contributed by atoms with Crippen LogP contribution in [0, 0.1) is 6.92 Å². The molecule has 0 radical (unpaired) electrons. The first-order valence-electron chi connectivity index (χ1n) is 8.41. The Labute approximate surface area is 164 Å². The van der Waals surface area contributed by atoms with Gasteiger partial charge < -0.3 is 16.0 Å². The monoisotopic (exact) mass is 400 g/mol. The number of rotatable bonds is 4. The van der Waals surface area contributed by atoms with E-state index in [1.165, 1.54) is 0 Å². The number of hydrogen-bond acceptors (Lipinski definition) is 4. The average molecular weight is 401 g/mol. The number of amides is 3. The number of nitrogens with zero attached hydrogens (tertiary/aromatic N) is 2. The van der Waals surface area contributed by atoms with Crippen molar-refractivity contribution in [1.82, 2.24) is 15.2 Å². The molecule has 1 unspecified atom stereocenters. The first kappa shape index (κ1) is 17.8. The zero-order chi connectivity index (χ0) is 19.1. The molecular weight excluding hydrogens is 384 g/mol. The Morgan fingerprint density at radius 3 is 2.67 bits per heavy atom. The predicted molar refractivity (Wildman–Crippen MR) is 106 cm³/mol. The quantitative estimate of drug-likeness (QED) is 0.704. The van der Waals surface area contributed by atoms with E-state index in [2.05, 4.69) is 10.3 Å². The van der Waals surface area contributed by atoms with Crippen molar-refractivity contribution in [1.29, 1.82) is 0 Å². The number of halogens is 1. The Hall–Kier alpha value is -2.64. The van der Waals surface area contributed by atoms with E-state index in [4.69, 9.17) is 17.3 Å². The molecule has 2 atom stereocenters. The lowest BCUT2D eigenvalue weighted by atomic mass is 9.97. The van der Waals surface area contributed by atoms with Crippen LogP contribution in [0.2, 0.25) is 5.02 Å². The molecule has 0 aliphatic carbocycles. The lowest BCUT2D eigenvalue weighted by Gasteiger charge is -2.28. The van der Waals surface area contributed by atoms with Crippen molar-refractivity contribution in [2.24, 2.45) is 5.73 Å². The molecule has 8 heteroatoms. The van der Waals surface area contributed by atoms with Gasteiger partial charge in [0.1, 0.15) is 6.04 Å². The highest BCUT2D eigenvalue weighted by Gasteiger charge is 2.37. The van der Waals surface area contributed by atoms with E-state index in [1.807, 2.05) is 37.3 Å². The van der Waals surface area contributed by atoms with Gasteiger partial charge in [0.15, 0.2) is 0 Å². The van der Waals surface area contributed by atoms with Gasteiger partial charge in [-0.3, -0.25) is 4.79 Å². The minimum atomic E-state index is -0.707. The fourth-order valence-corrected chi connectivity index (χ4v) is 4.37.